The van der Waals surface area contributed by atoms with Crippen LogP contribution in [0.2, 0.25) is 0 Å². The summed E-state index contributed by atoms with van der Waals surface area (Å²) >= 11 is 0. The minimum atomic E-state index is -4.20. The van der Waals surface area contributed by atoms with E-state index in [9.17, 15) is 28.4 Å². The smallest absolute Gasteiger partial charge is 0.322 e. The maximum atomic E-state index is 12.5. The number of hydrogen-bond donors (Lipinski definition) is 2. The summed E-state index contributed by atoms with van der Waals surface area (Å²) in [5.41, 5.74) is 0.426. The van der Waals surface area contributed by atoms with Crippen molar-refractivity contribution in [2.75, 3.05) is 0 Å². The normalized spacial score (nSPS) is 14.3. The molecule has 1 aromatic carbocycles. The van der Waals surface area contributed by atoms with Crippen LogP contribution in [0.15, 0.2) is 17.0 Å². The molecule has 0 spiro atoms. The number of sulfonamides is 1. The minimum absolute atomic E-state index is 0.279. The Balaban J connectivity index is 3.38. The van der Waals surface area contributed by atoms with Gasteiger partial charge in [-0.1, -0.05) is 20.3 Å². The molecule has 0 saturated carbocycles. The maximum absolute atomic E-state index is 12.5. The van der Waals surface area contributed by atoms with Gasteiger partial charge in [0.2, 0.25) is 10.0 Å². The van der Waals surface area contributed by atoms with Crippen LogP contribution in [0.4, 0.5) is 5.69 Å². The predicted molar refractivity (Wildman–Crippen MR) is 83.8 cm³/mol. The number of aryl methyl sites for hydroxylation is 1. The van der Waals surface area contributed by atoms with Gasteiger partial charge in [0.25, 0.3) is 5.69 Å². The number of nitro benzene ring substituents is 1. The van der Waals surface area contributed by atoms with E-state index < -0.39 is 32.9 Å². The first-order valence-electron chi connectivity index (χ1n) is 7.02. The second kappa shape index (κ2) is 7.05. The Morgan fingerprint density at radius 2 is 1.96 bits per heavy atom. The van der Waals surface area contributed by atoms with Crippen molar-refractivity contribution in [1.82, 2.24) is 4.72 Å². The van der Waals surface area contributed by atoms with Crippen LogP contribution >= 0.6 is 0 Å². The highest BCUT2D eigenvalue weighted by Crippen LogP contribution is 2.26. The standard InChI is InChI=1S/C14H20N2O6S/c1-5-8(2)13(14(17)18)15-23(21,22)12-7-11(16(19)20)6-9(3)10(12)4/h6-8,13,15H,5H2,1-4H3,(H,17,18)/t8-,13-/m0/s1. The third-order valence-electron chi connectivity index (χ3n) is 3.87. The highest BCUT2D eigenvalue weighted by Gasteiger charge is 2.31. The van der Waals surface area contributed by atoms with Crippen LogP contribution in [0.25, 0.3) is 0 Å². The van der Waals surface area contributed by atoms with Crippen molar-refractivity contribution in [3.8, 4) is 0 Å². The van der Waals surface area contributed by atoms with Crippen molar-refractivity contribution in [3.63, 3.8) is 0 Å². The van der Waals surface area contributed by atoms with Crippen LogP contribution in [0.5, 0.6) is 0 Å². The number of aliphatic carboxylic acids is 1. The molecule has 2 atom stereocenters. The molecule has 0 aliphatic rings. The molecule has 0 unspecified atom stereocenters. The SMILES string of the molecule is CC[C@H](C)[C@H](NS(=O)(=O)c1cc([N+](=O)[O-])cc(C)c1C)C(=O)O. The number of carboxylic acid groups (broad SMARTS) is 1. The first-order valence-corrected chi connectivity index (χ1v) is 8.50. The third-order valence-corrected chi connectivity index (χ3v) is 5.43. The van der Waals surface area contributed by atoms with Crippen LogP contribution in [-0.2, 0) is 14.8 Å². The van der Waals surface area contributed by atoms with Crippen molar-refractivity contribution >= 4 is 21.7 Å². The second-order valence-electron chi connectivity index (χ2n) is 5.47. The molecule has 0 radical (unpaired) electrons. The zero-order chi connectivity index (χ0) is 17.9. The van der Waals surface area contributed by atoms with Gasteiger partial charge in [0.1, 0.15) is 6.04 Å². The van der Waals surface area contributed by atoms with E-state index in [1.54, 1.807) is 20.8 Å². The Bertz CT molecular complexity index is 729. The lowest BCUT2D eigenvalue weighted by Crippen LogP contribution is -2.45. The summed E-state index contributed by atoms with van der Waals surface area (Å²) in [7, 11) is -4.20. The van der Waals surface area contributed by atoms with Crippen LogP contribution < -0.4 is 4.72 Å². The fourth-order valence-electron chi connectivity index (χ4n) is 2.07. The van der Waals surface area contributed by atoms with Gasteiger partial charge >= 0.3 is 5.97 Å². The highest BCUT2D eigenvalue weighted by molar-refractivity contribution is 7.89. The van der Waals surface area contributed by atoms with E-state index in [-0.39, 0.29) is 10.6 Å². The predicted octanol–water partition coefficient (Wildman–Crippen LogP) is 1.99. The summed E-state index contributed by atoms with van der Waals surface area (Å²) in [4.78, 5) is 21.3. The zero-order valence-corrected chi connectivity index (χ0v) is 14.2. The molecule has 8 nitrogen and oxygen atoms in total. The van der Waals surface area contributed by atoms with Crippen molar-refractivity contribution in [1.29, 1.82) is 0 Å². The monoisotopic (exact) mass is 344 g/mol. The molecule has 0 bridgehead atoms. The van der Waals surface area contributed by atoms with Gasteiger partial charge in [-0.05, 0) is 30.9 Å². The Labute approximate surface area is 134 Å². The van der Waals surface area contributed by atoms with Gasteiger partial charge in [-0.25, -0.2) is 8.42 Å². The van der Waals surface area contributed by atoms with Crippen LogP contribution in [0, 0.1) is 29.9 Å². The van der Waals surface area contributed by atoms with E-state index in [0.29, 0.717) is 17.5 Å². The largest absolute Gasteiger partial charge is 0.480 e. The van der Waals surface area contributed by atoms with E-state index >= 15 is 0 Å². The van der Waals surface area contributed by atoms with E-state index in [0.717, 1.165) is 6.07 Å². The summed E-state index contributed by atoms with van der Waals surface area (Å²) in [5.74, 6) is -1.72. The molecule has 0 aliphatic carbocycles. The molecule has 0 amide bonds. The number of nitrogens with zero attached hydrogens (tertiary/aromatic N) is 1. The van der Waals surface area contributed by atoms with Gasteiger partial charge in [0.15, 0.2) is 0 Å². The molecule has 128 valence electrons. The summed E-state index contributed by atoms with van der Waals surface area (Å²) in [5, 5.41) is 20.1. The molecular weight excluding hydrogens is 324 g/mol. The fourth-order valence-corrected chi connectivity index (χ4v) is 3.70. The van der Waals surface area contributed by atoms with E-state index in [1.165, 1.54) is 13.0 Å². The number of nitrogens with one attached hydrogen (secondary N) is 1. The molecule has 0 saturated heterocycles. The lowest BCUT2D eigenvalue weighted by atomic mass is 10.0. The number of non-ortho nitro benzene ring substituents is 1. The van der Waals surface area contributed by atoms with Crippen LogP contribution in [0.3, 0.4) is 0 Å². The number of benzene rings is 1. The number of rotatable bonds is 7. The number of carboxylic acids is 1. The van der Waals surface area contributed by atoms with Gasteiger partial charge in [-0.15, -0.1) is 0 Å². The van der Waals surface area contributed by atoms with Gasteiger partial charge in [-0.2, -0.15) is 4.72 Å². The summed E-state index contributed by atoms with van der Waals surface area (Å²) in [6, 6.07) is 0.918. The Morgan fingerprint density at radius 3 is 2.39 bits per heavy atom. The lowest BCUT2D eigenvalue weighted by Gasteiger charge is -2.21. The summed E-state index contributed by atoms with van der Waals surface area (Å²) in [6.07, 6.45) is 0.465. The average Bonchev–Trinajstić information content (AvgIpc) is 2.45. The molecule has 9 heteroatoms. The summed E-state index contributed by atoms with van der Waals surface area (Å²) < 4.78 is 27.2. The molecule has 0 aromatic heterocycles. The Kier molecular flexibility index (Phi) is 5.84. The quantitative estimate of drug-likeness (QED) is 0.575. The van der Waals surface area contributed by atoms with Crippen LogP contribution in [0.1, 0.15) is 31.4 Å². The van der Waals surface area contributed by atoms with Crippen molar-refractivity contribution < 1.29 is 23.2 Å². The molecular formula is C14H20N2O6S. The number of nitro groups is 1. The lowest BCUT2D eigenvalue weighted by molar-refractivity contribution is -0.385. The first-order chi connectivity index (χ1) is 10.5. The third kappa shape index (κ3) is 4.26. The molecule has 0 aliphatic heterocycles. The van der Waals surface area contributed by atoms with E-state index in [4.69, 9.17) is 0 Å². The van der Waals surface area contributed by atoms with E-state index in [1.807, 2.05) is 0 Å². The first kappa shape index (κ1) is 19.0. The van der Waals surface area contributed by atoms with Crippen molar-refractivity contribution in [2.24, 2.45) is 5.92 Å². The molecule has 0 fully saturated rings. The molecule has 2 N–H and O–H groups in total. The molecule has 1 rings (SSSR count). The fraction of sp³-hybridized carbons (Fsp3) is 0.500. The Hall–Kier alpha value is -2.00. The van der Waals surface area contributed by atoms with Gasteiger partial charge in [0, 0.05) is 12.1 Å². The van der Waals surface area contributed by atoms with Crippen molar-refractivity contribution in [3.05, 3.63) is 33.4 Å². The van der Waals surface area contributed by atoms with Gasteiger partial charge in [-0.3, -0.25) is 14.9 Å². The molecule has 1 aromatic rings. The van der Waals surface area contributed by atoms with Crippen molar-refractivity contribution in [2.45, 2.75) is 45.1 Å². The van der Waals surface area contributed by atoms with Gasteiger partial charge < -0.3 is 5.11 Å². The number of carbonyl (C=O) groups is 1. The summed E-state index contributed by atoms with van der Waals surface area (Å²) in [6.45, 7) is 6.45. The Morgan fingerprint density at radius 1 is 1.39 bits per heavy atom. The molecule has 23 heavy (non-hydrogen) atoms. The second-order valence-corrected chi connectivity index (χ2v) is 7.15. The zero-order valence-electron chi connectivity index (χ0n) is 13.4. The highest BCUT2D eigenvalue weighted by atomic mass is 32.2. The number of hydrogen-bond acceptors (Lipinski definition) is 5. The minimum Gasteiger partial charge on any atom is -0.480 e. The van der Waals surface area contributed by atoms with E-state index in [2.05, 4.69) is 4.72 Å². The topological polar surface area (TPSA) is 127 Å². The maximum Gasteiger partial charge on any atom is 0.322 e. The molecule has 0 heterocycles. The van der Waals surface area contributed by atoms with Crippen LogP contribution in [-0.4, -0.2) is 30.5 Å². The van der Waals surface area contributed by atoms with Gasteiger partial charge in [0.05, 0.1) is 9.82 Å². The average molecular weight is 344 g/mol.